The van der Waals surface area contributed by atoms with Gasteiger partial charge in [0.05, 0.1) is 13.2 Å². The number of nitrogens with zero attached hydrogens (tertiary/aromatic N) is 3. The van der Waals surface area contributed by atoms with Crippen molar-refractivity contribution in [2.45, 2.75) is 31.1 Å². The molecule has 7 nitrogen and oxygen atoms in total. The van der Waals surface area contributed by atoms with E-state index in [0.29, 0.717) is 24.5 Å². The highest BCUT2D eigenvalue weighted by molar-refractivity contribution is 6.32. The molecule has 0 spiro atoms. The number of rotatable bonds is 6. The monoisotopic (exact) mass is 432 g/mol. The Morgan fingerprint density at radius 2 is 1.83 bits per heavy atom. The van der Waals surface area contributed by atoms with Gasteiger partial charge in [0.2, 0.25) is 0 Å². The number of anilines is 1. The van der Waals surface area contributed by atoms with Gasteiger partial charge in [-0.05, 0) is 26.0 Å². The third kappa shape index (κ3) is 3.54. The van der Waals surface area contributed by atoms with Crippen LogP contribution in [0.25, 0.3) is 0 Å². The summed E-state index contributed by atoms with van der Waals surface area (Å²) in [6.45, 7) is 4.62. The molecule has 2 fully saturated rings. The summed E-state index contributed by atoms with van der Waals surface area (Å²) in [4.78, 5) is 35.6. The Morgan fingerprint density at radius 3 is 2.40 bits per heavy atom. The van der Waals surface area contributed by atoms with Crippen LogP contribution in [0.1, 0.15) is 18.1 Å². The highest BCUT2D eigenvalue weighted by Crippen LogP contribution is 2.45. The van der Waals surface area contributed by atoms with Crippen LogP contribution in [0.3, 0.4) is 0 Å². The first-order chi connectivity index (χ1) is 14.3. The minimum Gasteiger partial charge on any atom is -0.381 e. The largest absolute Gasteiger partial charge is 0.381 e. The molecule has 2 amide bonds. The van der Waals surface area contributed by atoms with Gasteiger partial charge in [0.15, 0.2) is 5.54 Å². The molecule has 0 radical (unpaired) electrons. The summed E-state index contributed by atoms with van der Waals surface area (Å²) in [5.74, 6) is -0.976. The zero-order valence-corrected chi connectivity index (χ0v) is 17.3. The van der Waals surface area contributed by atoms with Crippen LogP contribution in [0.15, 0.2) is 43.0 Å². The van der Waals surface area contributed by atoms with Gasteiger partial charge in [-0.25, -0.2) is 14.4 Å². The Bertz CT molecular complexity index is 933. The number of halogens is 2. The number of hydrogen-bond donors (Lipinski definition) is 1. The maximum atomic E-state index is 14.1. The summed E-state index contributed by atoms with van der Waals surface area (Å²) in [7, 11) is 0. The van der Waals surface area contributed by atoms with E-state index in [1.165, 1.54) is 18.7 Å². The van der Waals surface area contributed by atoms with E-state index in [-0.39, 0.29) is 17.9 Å². The first kappa shape index (κ1) is 20.7. The van der Waals surface area contributed by atoms with Crippen molar-refractivity contribution in [2.24, 2.45) is 11.8 Å². The van der Waals surface area contributed by atoms with E-state index in [0.717, 1.165) is 10.5 Å². The van der Waals surface area contributed by atoms with Crippen molar-refractivity contribution in [2.75, 3.05) is 18.1 Å². The number of nitrogens with one attached hydrogen (secondary N) is 1. The molecule has 1 aliphatic carbocycles. The summed E-state index contributed by atoms with van der Waals surface area (Å²) >= 11 is 5.56. The number of carbonyl (C=O) groups excluding carboxylic acids is 2. The standard InChI is InChI=1S/C21H22ClFN4O3/c1-12-3-5-14(6-4-12)27(19(28)18(22)23)21(2,13-7-24-11-25-8-13)20(29)26-17-15-9-30-10-16(15)17/h3-8,11,15-18H,9-10H2,1-2H3,(H,26,29)/t15?,16?,17?,18-,21-/m0/s1. The average Bonchev–Trinajstić information content (AvgIpc) is 3.15. The Labute approximate surface area is 178 Å². The predicted octanol–water partition coefficient (Wildman–Crippen LogP) is 2.33. The molecule has 1 saturated carbocycles. The molecule has 158 valence electrons. The van der Waals surface area contributed by atoms with Crippen molar-refractivity contribution in [3.63, 3.8) is 0 Å². The van der Waals surface area contributed by atoms with E-state index in [1.54, 1.807) is 31.2 Å². The van der Waals surface area contributed by atoms with Crippen molar-refractivity contribution in [3.8, 4) is 0 Å². The molecule has 1 aromatic heterocycles. The predicted molar refractivity (Wildman–Crippen MR) is 109 cm³/mol. The van der Waals surface area contributed by atoms with Gasteiger partial charge in [-0.1, -0.05) is 29.3 Å². The molecule has 1 aromatic carbocycles. The normalized spacial score (nSPS) is 25.0. The summed E-state index contributed by atoms with van der Waals surface area (Å²) in [5, 5.41) is 3.02. The SMILES string of the molecule is Cc1ccc(N(C(=O)[C@H](F)Cl)[C@](C)(C(=O)NC2C3COCC32)c2cncnc2)cc1. The molecule has 4 atom stereocenters. The van der Waals surface area contributed by atoms with Crippen LogP contribution in [-0.4, -0.2) is 46.7 Å². The van der Waals surface area contributed by atoms with Crippen LogP contribution in [-0.2, 0) is 19.9 Å². The maximum Gasteiger partial charge on any atom is 0.278 e. The average molecular weight is 433 g/mol. The van der Waals surface area contributed by atoms with Gasteiger partial charge in [-0.15, -0.1) is 0 Å². The number of hydrogen-bond acceptors (Lipinski definition) is 5. The van der Waals surface area contributed by atoms with Crippen molar-refractivity contribution in [3.05, 3.63) is 54.1 Å². The number of aromatic nitrogens is 2. The van der Waals surface area contributed by atoms with Crippen molar-refractivity contribution >= 4 is 29.1 Å². The van der Waals surface area contributed by atoms with E-state index < -0.39 is 23.0 Å². The molecular weight excluding hydrogens is 411 g/mol. The molecule has 0 bridgehead atoms. The topological polar surface area (TPSA) is 84.4 Å². The Morgan fingerprint density at radius 1 is 1.23 bits per heavy atom. The molecule has 2 aliphatic rings. The summed E-state index contributed by atoms with van der Waals surface area (Å²) < 4.78 is 19.5. The maximum absolute atomic E-state index is 14.1. The minimum atomic E-state index is -2.32. The van der Waals surface area contributed by atoms with Crippen LogP contribution in [0.4, 0.5) is 10.1 Å². The van der Waals surface area contributed by atoms with Gasteiger partial charge < -0.3 is 10.1 Å². The lowest BCUT2D eigenvalue weighted by atomic mass is 9.89. The first-order valence-corrected chi connectivity index (χ1v) is 10.1. The van der Waals surface area contributed by atoms with Crippen LogP contribution < -0.4 is 10.2 Å². The highest BCUT2D eigenvalue weighted by atomic mass is 35.5. The lowest BCUT2D eigenvalue weighted by Gasteiger charge is -2.40. The zero-order valence-electron chi connectivity index (χ0n) is 16.6. The second kappa shape index (κ2) is 7.92. The van der Waals surface area contributed by atoms with E-state index in [1.807, 2.05) is 6.92 Å². The van der Waals surface area contributed by atoms with E-state index >= 15 is 0 Å². The van der Waals surface area contributed by atoms with Crippen molar-refractivity contribution in [1.82, 2.24) is 15.3 Å². The molecule has 1 saturated heterocycles. The number of benzene rings is 1. The first-order valence-electron chi connectivity index (χ1n) is 9.67. The van der Waals surface area contributed by atoms with Crippen LogP contribution in [0, 0.1) is 18.8 Å². The van der Waals surface area contributed by atoms with Gasteiger partial charge >= 0.3 is 0 Å². The molecular formula is C21H22ClFN4O3. The summed E-state index contributed by atoms with van der Waals surface area (Å²) in [5.41, 5.74) is -2.30. The molecule has 4 rings (SSSR count). The molecule has 2 unspecified atom stereocenters. The minimum absolute atomic E-state index is 0.0395. The lowest BCUT2D eigenvalue weighted by Crippen LogP contribution is -2.59. The fourth-order valence-electron chi connectivity index (χ4n) is 4.06. The number of alkyl halides is 2. The molecule has 2 heterocycles. The van der Waals surface area contributed by atoms with Gasteiger partial charge in [0.1, 0.15) is 6.33 Å². The van der Waals surface area contributed by atoms with Gasteiger partial charge in [0.25, 0.3) is 17.4 Å². The van der Waals surface area contributed by atoms with Gasteiger partial charge in [-0.3, -0.25) is 14.5 Å². The number of fused-ring (bicyclic) bond motifs is 1. The van der Waals surface area contributed by atoms with Crippen LogP contribution in [0.2, 0.25) is 0 Å². The smallest absolute Gasteiger partial charge is 0.278 e. The molecule has 9 heteroatoms. The number of carbonyl (C=O) groups is 2. The van der Waals surface area contributed by atoms with Gasteiger partial charge in [-0.2, -0.15) is 0 Å². The van der Waals surface area contributed by atoms with Gasteiger partial charge in [0, 0.05) is 41.5 Å². The second-order valence-corrected chi connectivity index (χ2v) is 8.26. The third-order valence-electron chi connectivity index (χ3n) is 5.96. The highest BCUT2D eigenvalue weighted by Gasteiger charge is 2.57. The van der Waals surface area contributed by atoms with E-state index in [2.05, 4.69) is 15.3 Å². The fraction of sp³-hybridized carbons (Fsp3) is 0.429. The molecule has 2 aromatic rings. The lowest BCUT2D eigenvalue weighted by molar-refractivity contribution is -0.131. The Kier molecular flexibility index (Phi) is 5.46. The van der Waals surface area contributed by atoms with Crippen molar-refractivity contribution in [1.29, 1.82) is 0 Å². The Balaban J connectivity index is 1.78. The Hall–Kier alpha value is -2.58. The van der Waals surface area contributed by atoms with Crippen molar-refractivity contribution < 1.29 is 18.7 Å². The molecule has 1 N–H and O–H groups in total. The number of aryl methyl sites for hydroxylation is 1. The van der Waals surface area contributed by atoms with E-state index in [9.17, 15) is 14.0 Å². The second-order valence-electron chi connectivity index (χ2n) is 7.87. The third-order valence-corrected chi connectivity index (χ3v) is 6.15. The fourth-order valence-corrected chi connectivity index (χ4v) is 4.15. The molecule has 30 heavy (non-hydrogen) atoms. The quantitative estimate of drug-likeness (QED) is 0.708. The summed E-state index contributed by atoms with van der Waals surface area (Å²) in [6, 6.07) is 6.82. The van der Waals surface area contributed by atoms with Crippen LogP contribution >= 0.6 is 11.6 Å². The zero-order chi connectivity index (χ0) is 21.5. The summed E-state index contributed by atoms with van der Waals surface area (Å²) in [6.07, 6.45) is 4.21. The van der Waals surface area contributed by atoms with E-state index in [4.69, 9.17) is 16.3 Å². The number of ether oxygens (including phenoxy) is 1. The van der Waals surface area contributed by atoms with Crippen LogP contribution in [0.5, 0.6) is 0 Å². The molecule has 1 aliphatic heterocycles. The number of amides is 2.